The minimum atomic E-state index is -4.19. The van der Waals surface area contributed by atoms with E-state index < -0.39 is 28.5 Å². The Morgan fingerprint density at radius 3 is 2.28 bits per heavy atom. The van der Waals surface area contributed by atoms with Crippen molar-refractivity contribution in [2.75, 3.05) is 25.1 Å². The Labute approximate surface area is 254 Å². The Balaban J connectivity index is 1.73. The summed E-state index contributed by atoms with van der Waals surface area (Å²) in [7, 11) is -1.18. The molecule has 0 bridgehead atoms. The van der Waals surface area contributed by atoms with Gasteiger partial charge in [-0.2, -0.15) is 0 Å². The van der Waals surface area contributed by atoms with Gasteiger partial charge in [0.05, 0.1) is 24.8 Å². The molecule has 0 aliphatic heterocycles. The van der Waals surface area contributed by atoms with Gasteiger partial charge in [0.1, 0.15) is 24.1 Å². The van der Waals surface area contributed by atoms with E-state index in [1.165, 1.54) is 24.1 Å². The third-order valence-electron chi connectivity index (χ3n) is 7.79. The van der Waals surface area contributed by atoms with Gasteiger partial charge in [0.2, 0.25) is 11.8 Å². The van der Waals surface area contributed by atoms with Gasteiger partial charge in [0, 0.05) is 12.6 Å². The number of sulfonamides is 1. The summed E-state index contributed by atoms with van der Waals surface area (Å²) in [6.07, 6.45) is 5.43. The molecule has 0 heterocycles. The lowest BCUT2D eigenvalue weighted by Gasteiger charge is -2.34. The van der Waals surface area contributed by atoms with Gasteiger partial charge >= 0.3 is 0 Å². The van der Waals surface area contributed by atoms with Gasteiger partial charge in [0.25, 0.3) is 10.0 Å². The van der Waals surface area contributed by atoms with Gasteiger partial charge < -0.3 is 19.7 Å². The van der Waals surface area contributed by atoms with E-state index in [0.717, 1.165) is 42.0 Å². The molecule has 4 rings (SSSR count). The molecule has 1 fully saturated rings. The molecule has 43 heavy (non-hydrogen) atoms. The van der Waals surface area contributed by atoms with Crippen LogP contribution in [0.25, 0.3) is 0 Å². The van der Waals surface area contributed by atoms with Crippen LogP contribution in [-0.4, -0.2) is 58.0 Å². The number of benzene rings is 3. The van der Waals surface area contributed by atoms with Crippen molar-refractivity contribution >= 4 is 27.5 Å². The molecule has 3 aromatic carbocycles. The SMILES string of the molecule is CC[C@@H](C(=O)NC1CCCCC1)N(Cc1cccc(OC)c1)C(=O)CN(c1ccccc1OC)S(=O)(=O)c1ccccc1. The van der Waals surface area contributed by atoms with Crippen LogP contribution in [0.15, 0.2) is 83.8 Å². The fourth-order valence-corrected chi connectivity index (χ4v) is 6.95. The van der Waals surface area contributed by atoms with Crippen molar-refractivity contribution in [2.45, 2.75) is 69.0 Å². The standard InChI is InChI=1S/C33H41N3O6S/c1-4-29(33(38)34-26-15-7-5-8-16-26)35(23-25-14-13-17-27(22-25)41-2)32(37)24-36(30-20-11-12-21-31(30)42-3)43(39,40)28-18-9-6-10-19-28/h6,9-14,17-22,26,29H,4-5,7-8,15-16,23-24H2,1-3H3,(H,34,38)/t29-/m0/s1. The van der Waals surface area contributed by atoms with Crippen LogP contribution in [0.4, 0.5) is 5.69 Å². The van der Waals surface area contributed by atoms with E-state index in [1.807, 2.05) is 25.1 Å². The molecule has 0 radical (unpaired) electrons. The summed E-state index contributed by atoms with van der Waals surface area (Å²) in [4.78, 5) is 29.5. The Kier molecular flexibility index (Phi) is 11.1. The summed E-state index contributed by atoms with van der Waals surface area (Å²) >= 11 is 0. The summed E-state index contributed by atoms with van der Waals surface area (Å²) < 4.78 is 40.0. The quantitative estimate of drug-likeness (QED) is 0.288. The van der Waals surface area contributed by atoms with E-state index in [9.17, 15) is 18.0 Å². The summed E-state index contributed by atoms with van der Waals surface area (Å²) in [6.45, 7) is 1.42. The van der Waals surface area contributed by atoms with E-state index in [4.69, 9.17) is 9.47 Å². The van der Waals surface area contributed by atoms with E-state index in [2.05, 4.69) is 5.32 Å². The number of amides is 2. The summed E-state index contributed by atoms with van der Waals surface area (Å²) in [5.74, 6) is 0.169. The zero-order valence-electron chi connectivity index (χ0n) is 25.1. The second-order valence-corrected chi connectivity index (χ2v) is 12.5. The third kappa shape index (κ3) is 7.87. The minimum Gasteiger partial charge on any atom is -0.497 e. The summed E-state index contributed by atoms with van der Waals surface area (Å²) in [5, 5.41) is 3.16. The molecule has 1 N–H and O–H groups in total. The molecule has 2 amide bonds. The van der Waals surface area contributed by atoms with E-state index >= 15 is 0 Å². The van der Waals surface area contributed by atoms with Gasteiger partial charge in [-0.3, -0.25) is 13.9 Å². The number of nitrogens with one attached hydrogen (secondary N) is 1. The summed E-state index contributed by atoms with van der Waals surface area (Å²) in [6, 6.07) is 21.2. The molecular formula is C33H41N3O6S. The second kappa shape index (κ2) is 14.9. The predicted molar refractivity (Wildman–Crippen MR) is 167 cm³/mol. The maximum atomic E-state index is 14.3. The largest absolute Gasteiger partial charge is 0.497 e. The number of hydrogen-bond donors (Lipinski definition) is 1. The topological polar surface area (TPSA) is 105 Å². The van der Waals surface area contributed by atoms with Crippen LogP contribution in [0, 0.1) is 0 Å². The van der Waals surface area contributed by atoms with E-state index in [1.54, 1.807) is 55.6 Å². The number of ether oxygens (including phenoxy) is 2. The lowest BCUT2D eigenvalue weighted by atomic mass is 9.95. The molecule has 1 aliphatic carbocycles. The molecule has 10 heteroatoms. The maximum Gasteiger partial charge on any atom is 0.264 e. The van der Waals surface area contributed by atoms with Crippen molar-refractivity contribution < 1.29 is 27.5 Å². The number of carbonyl (C=O) groups excluding carboxylic acids is 2. The molecule has 230 valence electrons. The summed E-state index contributed by atoms with van der Waals surface area (Å²) in [5.41, 5.74) is 0.981. The lowest BCUT2D eigenvalue weighted by Crippen LogP contribution is -2.54. The highest BCUT2D eigenvalue weighted by Crippen LogP contribution is 2.32. The monoisotopic (exact) mass is 607 g/mol. The van der Waals surface area contributed by atoms with Crippen molar-refractivity contribution in [3.8, 4) is 11.5 Å². The molecule has 0 aromatic heterocycles. The molecular weight excluding hydrogens is 566 g/mol. The van der Waals surface area contributed by atoms with E-state index in [0.29, 0.717) is 17.9 Å². The molecule has 1 saturated carbocycles. The fourth-order valence-electron chi connectivity index (χ4n) is 5.50. The molecule has 0 unspecified atom stereocenters. The van der Waals surface area contributed by atoms with Gasteiger partial charge in [-0.1, -0.05) is 68.7 Å². The van der Waals surface area contributed by atoms with Crippen LogP contribution < -0.4 is 19.1 Å². The Morgan fingerprint density at radius 2 is 1.60 bits per heavy atom. The van der Waals surface area contributed by atoms with Crippen molar-refractivity contribution in [2.24, 2.45) is 0 Å². The van der Waals surface area contributed by atoms with Gasteiger partial charge in [-0.05, 0) is 61.2 Å². The molecule has 0 spiro atoms. The predicted octanol–water partition coefficient (Wildman–Crippen LogP) is 5.16. The van der Waals surface area contributed by atoms with Crippen LogP contribution in [0.2, 0.25) is 0 Å². The molecule has 9 nitrogen and oxygen atoms in total. The normalized spacial score (nSPS) is 14.4. The second-order valence-electron chi connectivity index (χ2n) is 10.6. The molecule has 1 atom stereocenters. The number of rotatable bonds is 13. The third-order valence-corrected chi connectivity index (χ3v) is 9.56. The minimum absolute atomic E-state index is 0.0372. The zero-order chi connectivity index (χ0) is 30.8. The Morgan fingerprint density at radius 1 is 0.907 bits per heavy atom. The lowest BCUT2D eigenvalue weighted by molar-refractivity contribution is -0.140. The van der Waals surface area contributed by atoms with Crippen molar-refractivity contribution in [3.63, 3.8) is 0 Å². The maximum absolute atomic E-state index is 14.3. The first-order valence-corrected chi connectivity index (χ1v) is 16.2. The first kappa shape index (κ1) is 31.9. The first-order chi connectivity index (χ1) is 20.8. The highest BCUT2D eigenvalue weighted by atomic mass is 32.2. The molecule has 1 aliphatic rings. The van der Waals surface area contributed by atoms with Crippen LogP contribution >= 0.6 is 0 Å². The average Bonchev–Trinajstić information content (AvgIpc) is 3.04. The number of hydrogen-bond acceptors (Lipinski definition) is 6. The number of nitrogens with zero attached hydrogens (tertiary/aromatic N) is 2. The molecule has 0 saturated heterocycles. The van der Waals surface area contributed by atoms with Crippen LogP contribution in [0.5, 0.6) is 11.5 Å². The Hall–Kier alpha value is -4.05. The van der Waals surface area contributed by atoms with Crippen LogP contribution in [0.1, 0.15) is 51.0 Å². The number of anilines is 1. The fraction of sp³-hybridized carbons (Fsp3) is 0.394. The van der Waals surface area contributed by atoms with Gasteiger partial charge in [0.15, 0.2) is 0 Å². The van der Waals surface area contributed by atoms with Crippen molar-refractivity contribution in [1.82, 2.24) is 10.2 Å². The van der Waals surface area contributed by atoms with E-state index in [-0.39, 0.29) is 29.1 Å². The zero-order valence-corrected chi connectivity index (χ0v) is 25.9. The van der Waals surface area contributed by atoms with Gasteiger partial charge in [-0.25, -0.2) is 8.42 Å². The highest BCUT2D eigenvalue weighted by Gasteiger charge is 2.35. The highest BCUT2D eigenvalue weighted by molar-refractivity contribution is 7.92. The number of methoxy groups -OCH3 is 2. The van der Waals surface area contributed by atoms with Crippen molar-refractivity contribution in [3.05, 3.63) is 84.4 Å². The van der Waals surface area contributed by atoms with Gasteiger partial charge in [-0.15, -0.1) is 0 Å². The number of carbonyl (C=O) groups is 2. The van der Waals surface area contributed by atoms with Crippen LogP contribution in [0.3, 0.4) is 0 Å². The smallest absolute Gasteiger partial charge is 0.264 e. The number of para-hydroxylation sites is 2. The average molecular weight is 608 g/mol. The Bertz CT molecular complexity index is 1470. The van der Waals surface area contributed by atoms with Crippen LogP contribution in [-0.2, 0) is 26.2 Å². The molecule has 3 aromatic rings. The first-order valence-electron chi connectivity index (χ1n) is 14.7. The van der Waals surface area contributed by atoms with Crippen molar-refractivity contribution in [1.29, 1.82) is 0 Å².